The first-order valence-electron chi connectivity index (χ1n) is 13.3. The number of ketones is 1. The molecule has 8 nitrogen and oxygen atoms in total. The normalized spacial score (nSPS) is 14.7. The van der Waals surface area contributed by atoms with Gasteiger partial charge >= 0.3 is 12.1 Å². The monoisotopic (exact) mass is 566 g/mol. The minimum Gasteiger partial charge on any atom is -0.508 e. The van der Waals surface area contributed by atoms with Crippen LogP contribution in [0.2, 0.25) is 5.02 Å². The zero-order chi connectivity index (χ0) is 28.5. The van der Waals surface area contributed by atoms with Crippen molar-refractivity contribution in [2.75, 3.05) is 36.0 Å². The van der Waals surface area contributed by atoms with Gasteiger partial charge in [-0.15, -0.1) is 0 Å². The Morgan fingerprint density at radius 2 is 1.27 bits per heavy atom. The SMILES string of the molecule is O=C1Cc2ccccc2N(C(=O)N2CCN(C(=O)N(c3ccc(O)cc3)c3ccc(Cl)cc3)CC2)c2ccccc21. The van der Waals surface area contributed by atoms with E-state index in [0.29, 0.717) is 59.5 Å². The first-order valence-corrected chi connectivity index (χ1v) is 13.7. The maximum absolute atomic E-state index is 14.0. The minimum absolute atomic E-state index is 0.0321. The van der Waals surface area contributed by atoms with E-state index in [1.54, 1.807) is 74.2 Å². The number of anilines is 4. The van der Waals surface area contributed by atoms with Gasteiger partial charge in [-0.1, -0.05) is 41.9 Å². The molecule has 0 bridgehead atoms. The van der Waals surface area contributed by atoms with Crippen LogP contribution in [0.1, 0.15) is 15.9 Å². The maximum atomic E-state index is 14.0. The van der Waals surface area contributed by atoms with E-state index in [9.17, 15) is 19.5 Å². The van der Waals surface area contributed by atoms with Crippen molar-refractivity contribution in [1.29, 1.82) is 0 Å². The van der Waals surface area contributed by atoms with Gasteiger partial charge in [-0.25, -0.2) is 9.59 Å². The van der Waals surface area contributed by atoms with E-state index < -0.39 is 0 Å². The smallest absolute Gasteiger partial charge is 0.329 e. The highest BCUT2D eigenvalue weighted by atomic mass is 35.5. The Morgan fingerprint density at radius 3 is 1.95 bits per heavy atom. The Balaban J connectivity index is 1.25. The van der Waals surface area contributed by atoms with E-state index in [0.717, 1.165) is 5.56 Å². The van der Waals surface area contributed by atoms with Gasteiger partial charge in [0.2, 0.25) is 0 Å². The summed E-state index contributed by atoms with van der Waals surface area (Å²) in [6, 6.07) is 27.6. The molecule has 2 aliphatic rings. The van der Waals surface area contributed by atoms with Crippen LogP contribution in [-0.4, -0.2) is 58.9 Å². The lowest BCUT2D eigenvalue weighted by Crippen LogP contribution is -2.55. The lowest BCUT2D eigenvalue weighted by molar-refractivity contribution is 0.0994. The van der Waals surface area contributed by atoms with Crippen molar-refractivity contribution in [3.63, 3.8) is 0 Å². The number of amides is 4. The van der Waals surface area contributed by atoms with Crippen molar-refractivity contribution < 1.29 is 19.5 Å². The number of phenolic OH excluding ortho intramolecular Hbond substituents is 1. The molecule has 2 aliphatic heterocycles. The van der Waals surface area contributed by atoms with Gasteiger partial charge in [0.25, 0.3) is 0 Å². The number of aromatic hydroxyl groups is 1. The maximum Gasteiger partial charge on any atom is 0.329 e. The zero-order valence-corrected chi connectivity index (χ0v) is 22.9. The minimum atomic E-state index is -0.249. The molecule has 41 heavy (non-hydrogen) atoms. The number of halogens is 1. The van der Waals surface area contributed by atoms with Crippen LogP contribution < -0.4 is 9.80 Å². The van der Waals surface area contributed by atoms with Gasteiger partial charge in [0.05, 0.1) is 22.7 Å². The largest absolute Gasteiger partial charge is 0.508 e. The van der Waals surface area contributed by atoms with E-state index in [1.165, 1.54) is 12.1 Å². The average molecular weight is 567 g/mol. The van der Waals surface area contributed by atoms with Crippen LogP contribution in [0.5, 0.6) is 5.75 Å². The first kappa shape index (κ1) is 26.4. The molecular formula is C32H27ClN4O4. The standard InChI is InChI=1S/C32H27ClN4O4/c33-23-9-11-24(12-10-23)36(25-13-15-26(38)16-14-25)31(40)34-17-19-35(20-18-34)32(41)37-28-7-3-1-5-22(28)21-30(39)27-6-2-4-8-29(27)37/h1-16,38H,17-21H2. The highest BCUT2D eigenvalue weighted by Gasteiger charge is 2.35. The second-order valence-corrected chi connectivity index (χ2v) is 10.4. The number of urea groups is 2. The number of carbonyl (C=O) groups excluding carboxylic acids is 3. The van der Waals surface area contributed by atoms with Crippen molar-refractivity contribution >= 4 is 52.2 Å². The Morgan fingerprint density at radius 1 is 0.707 bits per heavy atom. The molecule has 4 aromatic rings. The van der Waals surface area contributed by atoms with Crippen molar-refractivity contribution in [2.45, 2.75) is 6.42 Å². The summed E-state index contributed by atoms with van der Waals surface area (Å²) in [5.41, 5.74) is 3.78. The molecule has 1 N–H and O–H groups in total. The Hall–Kier alpha value is -4.82. The number of para-hydroxylation sites is 2. The zero-order valence-electron chi connectivity index (χ0n) is 22.1. The van der Waals surface area contributed by atoms with Gasteiger partial charge < -0.3 is 14.9 Å². The van der Waals surface area contributed by atoms with Gasteiger partial charge in [-0.05, 0) is 72.3 Å². The molecule has 0 atom stereocenters. The molecule has 0 radical (unpaired) electrons. The van der Waals surface area contributed by atoms with E-state index in [4.69, 9.17) is 11.6 Å². The molecule has 4 aromatic carbocycles. The average Bonchev–Trinajstić information content (AvgIpc) is 3.12. The number of hydrogen-bond donors (Lipinski definition) is 1. The fourth-order valence-corrected chi connectivity index (χ4v) is 5.45. The summed E-state index contributed by atoms with van der Waals surface area (Å²) >= 11 is 6.10. The van der Waals surface area contributed by atoms with Gasteiger partial charge in [0.1, 0.15) is 5.75 Å². The fourth-order valence-electron chi connectivity index (χ4n) is 5.32. The molecule has 0 aromatic heterocycles. The number of carbonyl (C=O) groups is 3. The molecular weight excluding hydrogens is 540 g/mol. The van der Waals surface area contributed by atoms with Crippen LogP contribution in [-0.2, 0) is 6.42 Å². The summed E-state index contributed by atoms with van der Waals surface area (Å²) in [6.07, 6.45) is 0.219. The lowest BCUT2D eigenvalue weighted by atomic mass is 10.0. The number of hydrogen-bond acceptors (Lipinski definition) is 4. The predicted octanol–water partition coefficient (Wildman–Crippen LogP) is 6.62. The predicted molar refractivity (Wildman–Crippen MR) is 159 cm³/mol. The van der Waals surface area contributed by atoms with Crippen molar-refractivity contribution in [1.82, 2.24) is 9.80 Å². The number of piperazine rings is 1. The molecule has 9 heteroatoms. The third-order valence-electron chi connectivity index (χ3n) is 7.42. The Bertz CT molecular complexity index is 1570. The van der Waals surface area contributed by atoms with E-state index >= 15 is 0 Å². The molecule has 0 saturated carbocycles. The highest BCUT2D eigenvalue weighted by molar-refractivity contribution is 6.30. The van der Waals surface area contributed by atoms with Gasteiger partial charge in [-0.3, -0.25) is 14.6 Å². The summed E-state index contributed by atoms with van der Waals surface area (Å²) in [6.45, 7) is 1.29. The van der Waals surface area contributed by atoms with Crippen LogP contribution in [0.15, 0.2) is 97.1 Å². The fraction of sp³-hybridized carbons (Fsp3) is 0.156. The van der Waals surface area contributed by atoms with Crippen LogP contribution in [0.25, 0.3) is 0 Å². The molecule has 0 spiro atoms. The second kappa shape index (κ2) is 11.0. The number of benzene rings is 4. The molecule has 206 valence electrons. The topological polar surface area (TPSA) is 84.4 Å². The van der Waals surface area contributed by atoms with Gasteiger partial charge in [0.15, 0.2) is 5.78 Å². The highest BCUT2D eigenvalue weighted by Crippen LogP contribution is 2.37. The number of rotatable bonds is 2. The van der Waals surface area contributed by atoms with E-state index in [-0.39, 0.29) is 30.0 Å². The Labute approximate surface area is 242 Å². The second-order valence-electron chi connectivity index (χ2n) is 9.95. The molecule has 2 heterocycles. The van der Waals surface area contributed by atoms with Crippen LogP contribution >= 0.6 is 11.6 Å². The number of nitrogens with zero attached hydrogens (tertiary/aromatic N) is 4. The lowest BCUT2D eigenvalue weighted by Gasteiger charge is -2.39. The van der Waals surface area contributed by atoms with Crippen LogP contribution in [0, 0.1) is 0 Å². The number of phenols is 1. The molecule has 1 fully saturated rings. The molecule has 6 rings (SSSR count). The summed E-state index contributed by atoms with van der Waals surface area (Å²) in [5.74, 6) is 0.0676. The van der Waals surface area contributed by atoms with Gasteiger partial charge in [0, 0.05) is 43.2 Å². The quantitative estimate of drug-likeness (QED) is 0.295. The first-order chi connectivity index (χ1) is 19.9. The van der Waals surface area contributed by atoms with Crippen LogP contribution in [0.3, 0.4) is 0 Å². The van der Waals surface area contributed by atoms with Crippen LogP contribution in [0.4, 0.5) is 32.3 Å². The van der Waals surface area contributed by atoms with Crippen molar-refractivity contribution in [2.24, 2.45) is 0 Å². The summed E-state index contributed by atoms with van der Waals surface area (Å²) in [4.78, 5) is 47.6. The molecule has 4 amide bonds. The molecule has 0 unspecified atom stereocenters. The number of fused-ring (bicyclic) bond motifs is 2. The van der Waals surface area contributed by atoms with Gasteiger partial charge in [-0.2, -0.15) is 0 Å². The summed E-state index contributed by atoms with van der Waals surface area (Å²) in [5, 5.41) is 10.3. The third kappa shape index (κ3) is 5.10. The number of Topliss-reactive ketones (excluding diaryl/α,β-unsaturated/α-hetero) is 1. The molecule has 1 saturated heterocycles. The summed E-state index contributed by atoms with van der Waals surface area (Å²) < 4.78 is 0. The molecule has 0 aliphatic carbocycles. The Kier molecular flexibility index (Phi) is 7.07. The van der Waals surface area contributed by atoms with Crippen molar-refractivity contribution in [3.8, 4) is 5.75 Å². The third-order valence-corrected chi connectivity index (χ3v) is 7.68. The van der Waals surface area contributed by atoms with Crippen molar-refractivity contribution in [3.05, 3.63) is 113 Å². The summed E-state index contributed by atoms with van der Waals surface area (Å²) in [7, 11) is 0. The van der Waals surface area contributed by atoms with E-state index in [2.05, 4.69) is 0 Å². The van der Waals surface area contributed by atoms with E-state index in [1.807, 2.05) is 30.3 Å².